The number of nitrogens with two attached hydrogens (primary N) is 1. The Morgan fingerprint density at radius 1 is 0.825 bits per heavy atom. The minimum atomic E-state index is -1.00. The Labute approximate surface area is 330 Å². The monoisotopic (exact) mass is 743 g/mol. The largest absolute Gasteiger partial charge is 0.327 e. The van der Waals surface area contributed by atoms with Crippen LogP contribution in [-0.4, -0.2) is 44.8 Å². The van der Waals surface area contributed by atoms with Crippen LogP contribution in [0.4, 0.5) is 0 Å². The topological polar surface area (TPSA) is 98.9 Å². The Bertz CT molecular complexity index is 3000. The number of nitrogens with zero attached hydrogens (tertiary/aromatic N) is 7. The van der Waals surface area contributed by atoms with Crippen LogP contribution < -0.4 is 22.0 Å². The molecule has 1 fully saturated rings. The summed E-state index contributed by atoms with van der Waals surface area (Å²) in [6.45, 7) is 4.38. The first-order valence-electron chi connectivity index (χ1n) is 20.2. The molecule has 1 spiro atoms. The zero-order valence-corrected chi connectivity index (χ0v) is 32.0. The van der Waals surface area contributed by atoms with Crippen molar-refractivity contribution in [2.45, 2.75) is 55.6 Å². The molecule has 3 N–H and O–H groups in total. The van der Waals surface area contributed by atoms with Gasteiger partial charge >= 0.3 is 0 Å². The molecule has 7 heterocycles. The van der Waals surface area contributed by atoms with Crippen LogP contribution in [-0.2, 0) is 11.4 Å². The van der Waals surface area contributed by atoms with Gasteiger partial charge in [0, 0.05) is 41.4 Å². The Hall–Kier alpha value is -6.00. The van der Waals surface area contributed by atoms with Gasteiger partial charge in [0.25, 0.3) is 0 Å². The van der Waals surface area contributed by atoms with Gasteiger partial charge in [0.2, 0.25) is 0 Å². The molecule has 8 atom stereocenters. The summed E-state index contributed by atoms with van der Waals surface area (Å²) in [5.41, 5.74) is 18.2. The standard InChI is InChI=1S/C48H41N9/c1-27-14-4-5-15-29(27)39-26-36-30-16-6-7-17-31(30)41-40(36)48-55(3)28(2)51-44-35-21-11-12-22-37(35)46(57(44)48,24-25-50-41)54-45-33-19-9-8-18-32(33)43(56(45)48)52-42-34-20-10-13-23-38(34)47(39,49)53-42/h4-20,22-26,35,39-40,42,44,53H,21,49H2,1-3H3/b25-24?,36-26-,50-41-,52-43-. The summed E-state index contributed by atoms with van der Waals surface area (Å²) in [5.74, 6) is -0.411. The first-order valence-corrected chi connectivity index (χ1v) is 20.2. The van der Waals surface area contributed by atoms with Gasteiger partial charge in [0.1, 0.15) is 34.8 Å². The van der Waals surface area contributed by atoms with Crippen LogP contribution in [0.3, 0.4) is 0 Å². The molecule has 57 heavy (non-hydrogen) atoms. The number of aromatic nitrogens is 1. The van der Waals surface area contributed by atoms with E-state index in [4.69, 9.17) is 25.7 Å². The quantitative estimate of drug-likeness (QED) is 0.212. The molecule has 2 aliphatic carbocycles. The smallest absolute Gasteiger partial charge is 0.196 e. The van der Waals surface area contributed by atoms with E-state index >= 15 is 0 Å². The number of benzene rings is 4. The maximum Gasteiger partial charge on any atom is 0.196 e. The van der Waals surface area contributed by atoms with Crippen molar-refractivity contribution in [2.75, 3.05) is 7.05 Å². The summed E-state index contributed by atoms with van der Waals surface area (Å²) in [5, 5.41) is 6.12. The third-order valence-corrected chi connectivity index (χ3v) is 14.4. The number of nitrogens with one attached hydrogen (secondary N) is 1. The van der Waals surface area contributed by atoms with E-state index in [0.717, 1.165) is 56.4 Å². The van der Waals surface area contributed by atoms with Gasteiger partial charge in [-0.2, -0.15) is 0 Å². The third-order valence-electron chi connectivity index (χ3n) is 14.4. The molecule has 0 amide bonds. The number of amidine groups is 1. The summed E-state index contributed by atoms with van der Waals surface area (Å²) in [6, 6.07) is 34.8. The van der Waals surface area contributed by atoms with Crippen LogP contribution in [0.1, 0.15) is 58.8 Å². The van der Waals surface area contributed by atoms with Gasteiger partial charge in [-0.1, -0.05) is 121 Å². The van der Waals surface area contributed by atoms with Crippen molar-refractivity contribution < 1.29 is 0 Å². The second kappa shape index (κ2) is 10.7. The summed E-state index contributed by atoms with van der Waals surface area (Å²) in [4.78, 5) is 28.1. The molecule has 8 unspecified atom stereocenters. The third kappa shape index (κ3) is 3.64. The van der Waals surface area contributed by atoms with E-state index in [9.17, 15) is 0 Å². The summed E-state index contributed by atoms with van der Waals surface area (Å²) < 4.78 is 2.49. The molecule has 0 radical (unpaired) electrons. The Balaban J connectivity index is 1.29. The molecule has 5 aromatic rings. The molecular weight excluding hydrogens is 703 g/mol. The van der Waals surface area contributed by atoms with Gasteiger partial charge in [-0.15, -0.1) is 0 Å². The van der Waals surface area contributed by atoms with Crippen LogP contribution in [0.5, 0.6) is 0 Å². The van der Waals surface area contributed by atoms with Crippen LogP contribution in [0.2, 0.25) is 0 Å². The molecule has 9 heteroatoms. The number of rotatable bonds is 1. The summed E-state index contributed by atoms with van der Waals surface area (Å²) >= 11 is 0. The van der Waals surface area contributed by atoms with Crippen molar-refractivity contribution >= 4 is 27.9 Å². The fourth-order valence-electron chi connectivity index (χ4n) is 12.0. The van der Waals surface area contributed by atoms with Gasteiger partial charge in [-0.3, -0.25) is 19.9 Å². The average molecular weight is 744 g/mol. The Kier molecular flexibility index (Phi) is 6.02. The Morgan fingerprint density at radius 2 is 1.56 bits per heavy atom. The molecule has 0 saturated carbocycles. The van der Waals surface area contributed by atoms with E-state index in [0.29, 0.717) is 0 Å². The van der Waals surface area contributed by atoms with E-state index in [2.05, 4.69) is 168 Å². The molecular formula is C48H41N9. The maximum atomic E-state index is 7.99. The van der Waals surface area contributed by atoms with Crippen molar-refractivity contribution in [1.29, 1.82) is 0 Å². The highest BCUT2D eigenvalue weighted by Crippen LogP contribution is 2.62. The lowest BCUT2D eigenvalue weighted by molar-refractivity contribution is -0.159. The van der Waals surface area contributed by atoms with Crippen molar-refractivity contribution in [1.82, 2.24) is 19.7 Å². The molecule has 4 bridgehead atoms. The number of hydrogen-bond donors (Lipinski definition) is 2. The van der Waals surface area contributed by atoms with Crippen LogP contribution in [0.25, 0.3) is 16.3 Å². The first kappa shape index (κ1) is 32.1. The lowest BCUT2D eigenvalue weighted by atomic mass is 9.76. The predicted molar refractivity (Wildman–Crippen MR) is 222 cm³/mol. The van der Waals surface area contributed by atoms with Gasteiger partial charge in [0.15, 0.2) is 11.4 Å². The van der Waals surface area contributed by atoms with Crippen LogP contribution in [0.15, 0.2) is 159 Å². The predicted octanol–water partition coefficient (Wildman–Crippen LogP) is 6.26. The number of aliphatic imine (C=N–C) groups is 2. The van der Waals surface area contributed by atoms with Crippen molar-refractivity contribution in [3.63, 3.8) is 0 Å². The van der Waals surface area contributed by atoms with E-state index in [-0.39, 0.29) is 23.9 Å². The highest BCUT2D eigenvalue weighted by atomic mass is 15.7. The summed E-state index contributed by atoms with van der Waals surface area (Å²) in [6.07, 6.45) is 13.8. The number of aryl methyl sites for hydroxylation is 1. The zero-order chi connectivity index (χ0) is 38.0. The maximum absolute atomic E-state index is 7.99. The highest BCUT2D eigenvalue weighted by molar-refractivity contribution is 6.18. The SMILES string of the molecule is CC1=NC2C3CC=CC=C3C34C=C/N=C5/c6ccccc6/C6=C/C(c7ccccc7C)C7(N)NC(/N=c8/c9ccccc9c(n8C(C65)(N1C)N23)=N4)c1ccccc17. The minimum Gasteiger partial charge on any atom is -0.327 e. The number of fused-ring (bicyclic) bond motifs is 13. The van der Waals surface area contributed by atoms with Gasteiger partial charge in [-0.25, -0.2) is 14.9 Å². The molecule has 8 aliphatic rings. The average Bonchev–Trinajstić information content (AvgIpc) is 3.90. The fourth-order valence-corrected chi connectivity index (χ4v) is 12.0. The zero-order valence-electron chi connectivity index (χ0n) is 32.0. The van der Waals surface area contributed by atoms with Crippen molar-refractivity contribution in [3.8, 4) is 0 Å². The normalized spacial score (nSPS) is 35.7. The molecule has 9 nitrogen and oxygen atoms in total. The van der Waals surface area contributed by atoms with Crippen molar-refractivity contribution in [3.05, 3.63) is 184 Å². The van der Waals surface area contributed by atoms with E-state index in [1.54, 1.807) is 0 Å². The van der Waals surface area contributed by atoms with Gasteiger partial charge in [0.05, 0.1) is 11.6 Å². The molecule has 278 valence electrons. The summed E-state index contributed by atoms with van der Waals surface area (Å²) in [7, 11) is 2.23. The number of allylic oxidation sites excluding steroid dienone is 3. The van der Waals surface area contributed by atoms with E-state index in [1.807, 2.05) is 6.20 Å². The lowest BCUT2D eigenvalue weighted by Crippen LogP contribution is -2.78. The first-order chi connectivity index (χ1) is 27.9. The van der Waals surface area contributed by atoms with Gasteiger partial charge in [-0.05, 0) is 65.3 Å². The highest BCUT2D eigenvalue weighted by Gasteiger charge is 2.72. The van der Waals surface area contributed by atoms with Gasteiger partial charge < -0.3 is 10.6 Å². The Morgan fingerprint density at radius 3 is 2.40 bits per heavy atom. The molecule has 6 aliphatic heterocycles. The fraction of sp³-hybridized carbons (Fsp3) is 0.250. The van der Waals surface area contributed by atoms with E-state index in [1.165, 1.54) is 27.8 Å². The van der Waals surface area contributed by atoms with Crippen molar-refractivity contribution in [2.24, 2.45) is 37.5 Å². The minimum absolute atomic E-state index is 0.132. The van der Waals surface area contributed by atoms with Crippen LogP contribution in [0, 0.1) is 18.8 Å². The molecule has 1 aromatic heterocycles. The molecule has 4 aromatic carbocycles. The second-order valence-electron chi connectivity index (χ2n) is 16.9. The molecule has 13 rings (SSSR count). The second-order valence-corrected chi connectivity index (χ2v) is 16.9. The molecule has 1 saturated heterocycles. The lowest BCUT2D eigenvalue weighted by Gasteiger charge is -2.61. The van der Waals surface area contributed by atoms with E-state index < -0.39 is 23.3 Å². The van der Waals surface area contributed by atoms with Crippen LogP contribution >= 0.6 is 0 Å². The number of hydrogen-bond acceptors (Lipinski definition) is 8.